The number of ether oxygens (including phenoxy) is 2. The van der Waals surface area contributed by atoms with Crippen LogP contribution in [0.4, 0.5) is 11.5 Å². The molecule has 3 N–H and O–H groups in total. The molecule has 1 aromatic rings. The largest absolute Gasteiger partial charge is 0.479 e. The minimum Gasteiger partial charge on any atom is -0.479 e. The maximum Gasteiger partial charge on any atom is 0.242 e. The summed E-state index contributed by atoms with van der Waals surface area (Å²) in [6.07, 6.45) is 1.78. The van der Waals surface area contributed by atoms with Crippen LogP contribution in [0, 0.1) is 0 Å². The summed E-state index contributed by atoms with van der Waals surface area (Å²) in [5.41, 5.74) is 6.32. The normalized spacial score (nSPS) is 10.3. The molecule has 0 saturated carbocycles. The Kier molecular flexibility index (Phi) is 5.48. The van der Waals surface area contributed by atoms with Gasteiger partial charge in [-0.15, -0.1) is 0 Å². The van der Waals surface area contributed by atoms with Crippen LogP contribution in [0.15, 0.2) is 0 Å². The lowest BCUT2D eigenvalue weighted by Gasteiger charge is -2.12. The molecule has 0 unspecified atom stereocenters. The van der Waals surface area contributed by atoms with Gasteiger partial charge in [0.1, 0.15) is 11.5 Å². The van der Waals surface area contributed by atoms with E-state index in [1.807, 2.05) is 0 Å². The monoisotopic (exact) mass is 240 g/mol. The van der Waals surface area contributed by atoms with Gasteiger partial charge in [0.05, 0.1) is 13.7 Å². The Morgan fingerprint density at radius 3 is 2.65 bits per heavy atom. The lowest BCUT2D eigenvalue weighted by atomic mass is 10.3. The molecular weight excluding hydrogens is 220 g/mol. The molecule has 1 heterocycles. The Morgan fingerprint density at radius 2 is 2.06 bits per heavy atom. The summed E-state index contributed by atoms with van der Waals surface area (Å²) in [5, 5.41) is 3.11. The van der Waals surface area contributed by atoms with E-state index < -0.39 is 0 Å². The standard InChI is InChI=1S/C11H20N4O2/c1-4-5-8-14-10(13-6-7-16-2)9(12)11(15-8)17-3/h4-7,12H2,1-3H3,(H,13,14,15). The van der Waals surface area contributed by atoms with E-state index in [9.17, 15) is 0 Å². The summed E-state index contributed by atoms with van der Waals surface area (Å²) in [6, 6.07) is 0. The molecule has 0 amide bonds. The van der Waals surface area contributed by atoms with Crippen molar-refractivity contribution in [1.29, 1.82) is 0 Å². The van der Waals surface area contributed by atoms with Crippen LogP contribution in [0.3, 0.4) is 0 Å². The SMILES string of the molecule is CCCc1nc(NCCOC)c(N)c(OC)n1. The van der Waals surface area contributed by atoms with E-state index in [-0.39, 0.29) is 0 Å². The van der Waals surface area contributed by atoms with Crippen LogP contribution in [-0.4, -0.2) is 37.3 Å². The number of nitrogens with two attached hydrogens (primary N) is 1. The fourth-order valence-corrected chi connectivity index (χ4v) is 1.39. The summed E-state index contributed by atoms with van der Waals surface area (Å²) >= 11 is 0. The maximum atomic E-state index is 5.89. The third-order valence-electron chi connectivity index (χ3n) is 2.22. The second-order valence-corrected chi connectivity index (χ2v) is 3.58. The molecule has 0 fully saturated rings. The van der Waals surface area contributed by atoms with Crippen LogP contribution >= 0.6 is 0 Å². The van der Waals surface area contributed by atoms with E-state index in [4.69, 9.17) is 15.2 Å². The van der Waals surface area contributed by atoms with E-state index in [0.29, 0.717) is 30.5 Å². The number of nitrogens with zero attached hydrogens (tertiary/aromatic N) is 2. The molecular formula is C11H20N4O2. The second-order valence-electron chi connectivity index (χ2n) is 3.58. The lowest BCUT2D eigenvalue weighted by molar-refractivity contribution is 0.210. The van der Waals surface area contributed by atoms with Gasteiger partial charge in [0.25, 0.3) is 0 Å². The van der Waals surface area contributed by atoms with Crippen LogP contribution in [-0.2, 0) is 11.2 Å². The maximum absolute atomic E-state index is 5.89. The highest BCUT2D eigenvalue weighted by Gasteiger charge is 2.11. The van der Waals surface area contributed by atoms with E-state index in [1.54, 1.807) is 14.2 Å². The zero-order valence-electron chi connectivity index (χ0n) is 10.6. The fourth-order valence-electron chi connectivity index (χ4n) is 1.39. The summed E-state index contributed by atoms with van der Waals surface area (Å²) in [7, 11) is 3.20. The predicted octanol–water partition coefficient (Wildman–Crippen LogP) is 1.08. The number of aryl methyl sites for hydroxylation is 1. The van der Waals surface area contributed by atoms with Gasteiger partial charge in [-0.2, -0.15) is 4.98 Å². The van der Waals surface area contributed by atoms with Gasteiger partial charge in [0, 0.05) is 20.1 Å². The zero-order valence-corrected chi connectivity index (χ0v) is 10.6. The number of hydrogen-bond acceptors (Lipinski definition) is 6. The summed E-state index contributed by atoms with van der Waals surface area (Å²) < 4.78 is 10.1. The van der Waals surface area contributed by atoms with Crippen molar-refractivity contribution in [2.75, 3.05) is 38.4 Å². The molecule has 6 heteroatoms. The first-order valence-electron chi connectivity index (χ1n) is 5.66. The fraction of sp³-hybridized carbons (Fsp3) is 0.636. The molecule has 1 aromatic heterocycles. The molecule has 0 aromatic carbocycles. The van der Waals surface area contributed by atoms with Gasteiger partial charge < -0.3 is 20.5 Å². The Hall–Kier alpha value is -1.56. The van der Waals surface area contributed by atoms with Crippen LogP contribution in [0.25, 0.3) is 0 Å². The molecule has 96 valence electrons. The van der Waals surface area contributed by atoms with Crippen molar-refractivity contribution in [2.24, 2.45) is 0 Å². The van der Waals surface area contributed by atoms with Gasteiger partial charge in [0.15, 0.2) is 5.82 Å². The number of hydrogen-bond donors (Lipinski definition) is 2. The highest BCUT2D eigenvalue weighted by molar-refractivity contribution is 5.66. The Bertz CT molecular complexity index is 358. The number of nitrogen functional groups attached to an aromatic ring is 1. The van der Waals surface area contributed by atoms with Crippen molar-refractivity contribution < 1.29 is 9.47 Å². The first-order chi connectivity index (χ1) is 8.22. The molecule has 0 atom stereocenters. The van der Waals surface area contributed by atoms with E-state index >= 15 is 0 Å². The highest BCUT2D eigenvalue weighted by atomic mass is 16.5. The molecule has 17 heavy (non-hydrogen) atoms. The summed E-state index contributed by atoms with van der Waals surface area (Å²) in [5.74, 6) is 1.76. The van der Waals surface area contributed by atoms with Crippen molar-refractivity contribution in [3.05, 3.63) is 5.82 Å². The highest BCUT2D eigenvalue weighted by Crippen LogP contribution is 2.25. The van der Waals surface area contributed by atoms with Gasteiger partial charge in [-0.3, -0.25) is 0 Å². The molecule has 0 saturated heterocycles. The van der Waals surface area contributed by atoms with Crippen molar-refractivity contribution in [3.63, 3.8) is 0 Å². The van der Waals surface area contributed by atoms with Gasteiger partial charge >= 0.3 is 0 Å². The second kappa shape index (κ2) is 6.90. The zero-order chi connectivity index (χ0) is 12.7. The molecule has 0 aliphatic rings. The molecule has 0 aliphatic heterocycles. The topological polar surface area (TPSA) is 82.3 Å². The third kappa shape index (κ3) is 3.74. The van der Waals surface area contributed by atoms with E-state index in [0.717, 1.165) is 18.7 Å². The smallest absolute Gasteiger partial charge is 0.242 e. The van der Waals surface area contributed by atoms with Gasteiger partial charge in [-0.1, -0.05) is 6.92 Å². The molecule has 1 rings (SSSR count). The van der Waals surface area contributed by atoms with Crippen molar-refractivity contribution in [3.8, 4) is 5.88 Å². The average Bonchev–Trinajstić information content (AvgIpc) is 2.33. The third-order valence-corrected chi connectivity index (χ3v) is 2.22. The van der Waals surface area contributed by atoms with Crippen LogP contribution in [0.5, 0.6) is 5.88 Å². The number of aromatic nitrogens is 2. The minimum absolute atomic E-state index is 0.420. The molecule has 0 spiro atoms. The number of anilines is 2. The number of rotatable bonds is 7. The quantitative estimate of drug-likeness (QED) is 0.694. The lowest BCUT2D eigenvalue weighted by Crippen LogP contribution is -2.13. The predicted molar refractivity (Wildman–Crippen MR) is 67.4 cm³/mol. The van der Waals surface area contributed by atoms with Crippen LogP contribution in [0.2, 0.25) is 0 Å². The molecule has 0 bridgehead atoms. The van der Waals surface area contributed by atoms with Crippen molar-refractivity contribution >= 4 is 11.5 Å². The first-order valence-corrected chi connectivity index (χ1v) is 5.66. The molecule has 0 aliphatic carbocycles. The first kappa shape index (κ1) is 13.5. The van der Waals surface area contributed by atoms with Gasteiger partial charge in [-0.05, 0) is 6.42 Å². The Labute approximate surface area is 102 Å². The van der Waals surface area contributed by atoms with E-state index in [2.05, 4.69) is 22.2 Å². The van der Waals surface area contributed by atoms with E-state index in [1.165, 1.54) is 0 Å². The summed E-state index contributed by atoms with van der Waals surface area (Å²) in [4.78, 5) is 8.60. The minimum atomic E-state index is 0.420. The number of methoxy groups -OCH3 is 2. The molecule has 6 nitrogen and oxygen atoms in total. The number of nitrogens with one attached hydrogen (secondary N) is 1. The van der Waals surface area contributed by atoms with Gasteiger partial charge in [-0.25, -0.2) is 4.98 Å². The Morgan fingerprint density at radius 1 is 1.29 bits per heavy atom. The van der Waals surface area contributed by atoms with Crippen molar-refractivity contribution in [2.45, 2.75) is 19.8 Å². The molecule has 0 radical (unpaired) electrons. The average molecular weight is 240 g/mol. The summed E-state index contributed by atoms with van der Waals surface area (Å²) in [6.45, 7) is 3.31. The van der Waals surface area contributed by atoms with Crippen LogP contribution < -0.4 is 15.8 Å². The van der Waals surface area contributed by atoms with Gasteiger partial charge in [0.2, 0.25) is 5.88 Å². The van der Waals surface area contributed by atoms with Crippen LogP contribution in [0.1, 0.15) is 19.2 Å². The Balaban J connectivity index is 2.88. The van der Waals surface area contributed by atoms with Crippen molar-refractivity contribution in [1.82, 2.24) is 9.97 Å².